The normalized spacial score (nSPS) is 15.5. The lowest BCUT2D eigenvalue weighted by atomic mass is 10.3. The first-order chi connectivity index (χ1) is 13.2. The van der Waals surface area contributed by atoms with Crippen molar-refractivity contribution in [3.8, 4) is 0 Å². The van der Waals surface area contributed by atoms with E-state index in [-0.39, 0.29) is 5.56 Å². The molecule has 0 amide bonds. The highest BCUT2D eigenvalue weighted by atomic mass is 32.1. The number of anilines is 1. The maximum Gasteiger partial charge on any atom is 0.275 e. The summed E-state index contributed by atoms with van der Waals surface area (Å²) in [6.45, 7) is 6.35. The number of rotatable bonds is 6. The Morgan fingerprint density at radius 3 is 2.67 bits per heavy atom. The highest BCUT2D eigenvalue weighted by Gasteiger charge is 2.20. The molecule has 0 N–H and O–H groups in total. The Morgan fingerprint density at radius 1 is 1.15 bits per heavy atom. The smallest absolute Gasteiger partial charge is 0.275 e. The van der Waals surface area contributed by atoms with Gasteiger partial charge in [0.25, 0.3) is 5.56 Å². The lowest BCUT2D eigenvalue weighted by Gasteiger charge is -2.34. The van der Waals surface area contributed by atoms with Crippen LogP contribution in [0.15, 0.2) is 29.3 Å². The third-order valence-corrected chi connectivity index (χ3v) is 5.65. The molecule has 0 aromatic carbocycles. The first-order valence-corrected chi connectivity index (χ1v) is 10.2. The molecule has 0 bridgehead atoms. The first-order valence-electron chi connectivity index (χ1n) is 9.36. The number of aromatic nitrogens is 5. The fraction of sp³-hybridized carbons (Fsp3) is 0.500. The summed E-state index contributed by atoms with van der Waals surface area (Å²) in [5, 5.41) is 5.39. The molecule has 8 nitrogen and oxygen atoms in total. The van der Waals surface area contributed by atoms with E-state index in [1.165, 1.54) is 15.9 Å². The monoisotopic (exact) mass is 385 g/mol. The molecule has 9 heteroatoms. The highest BCUT2D eigenvalue weighted by Crippen LogP contribution is 2.15. The fourth-order valence-corrected chi connectivity index (χ4v) is 4.16. The third kappa shape index (κ3) is 4.14. The van der Waals surface area contributed by atoms with Gasteiger partial charge in [0, 0.05) is 57.6 Å². The largest absolute Gasteiger partial charge is 0.338 e. The lowest BCUT2D eigenvalue weighted by Crippen LogP contribution is -2.46. The van der Waals surface area contributed by atoms with Gasteiger partial charge in [-0.25, -0.2) is 15.0 Å². The zero-order valence-electron chi connectivity index (χ0n) is 15.4. The van der Waals surface area contributed by atoms with E-state index < -0.39 is 0 Å². The van der Waals surface area contributed by atoms with Crippen LogP contribution in [0.4, 0.5) is 5.95 Å². The van der Waals surface area contributed by atoms with Gasteiger partial charge in [0.15, 0.2) is 0 Å². The van der Waals surface area contributed by atoms with Crippen LogP contribution in [0.2, 0.25) is 0 Å². The molecule has 1 aliphatic rings. The molecule has 4 heterocycles. The van der Waals surface area contributed by atoms with Gasteiger partial charge in [0.2, 0.25) is 10.9 Å². The Bertz CT molecular complexity index is 947. The van der Waals surface area contributed by atoms with Crippen LogP contribution in [0.1, 0.15) is 30.5 Å². The minimum absolute atomic E-state index is 0.0923. The van der Waals surface area contributed by atoms with Crippen molar-refractivity contribution in [2.24, 2.45) is 0 Å². The van der Waals surface area contributed by atoms with E-state index in [0.717, 1.165) is 62.1 Å². The van der Waals surface area contributed by atoms with Crippen LogP contribution in [0, 0.1) is 0 Å². The van der Waals surface area contributed by atoms with Crippen LogP contribution in [0.3, 0.4) is 0 Å². The second kappa shape index (κ2) is 8.10. The predicted octanol–water partition coefficient (Wildman–Crippen LogP) is 1.61. The van der Waals surface area contributed by atoms with Gasteiger partial charge < -0.3 is 4.90 Å². The molecule has 4 rings (SSSR count). The summed E-state index contributed by atoms with van der Waals surface area (Å²) >= 11 is 1.52. The summed E-state index contributed by atoms with van der Waals surface area (Å²) in [6, 6.07) is 3.44. The van der Waals surface area contributed by atoms with Crippen LogP contribution in [-0.4, -0.2) is 55.6 Å². The number of nitrogens with zero attached hydrogens (tertiary/aromatic N) is 7. The van der Waals surface area contributed by atoms with Crippen LogP contribution >= 0.6 is 11.3 Å². The molecule has 0 radical (unpaired) electrons. The van der Waals surface area contributed by atoms with Crippen molar-refractivity contribution < 1.29 is 0 Å². The van der Waals surface area contributed by atoms with E-state index in [4.69, 9.17) is 0 Å². The van der Waals surface area contributed by atoms with E-state index in [1.807, 2.05) is 6.07 Å². The Kier molecular flexibility index (Phi) is 5.40. The minimum atomic E-state index is -0.0923. The number of piperazine rings is 1. The molecule has 3 aromatic heterocycles. The van der Waals surface area contributed by atoms with Gasteiger partial charge in [0.1, 0.15) is 5.01 Å². The quantitative estimate of drug-likeness (QED) is 0.638. The zero-order chi connectivity index (χ0) is 18.6. The van der Waals surface area contributed by atoms with Crippen molar-refractivity contribution >= 4 is 22.2 Å². The van der Waals surface area contributed by atoms with E-state index in [1.54, 1.807) is 18.5 Å². The number of unbranched alkanes of at least 4 members (excludes halogenated alkanes) is 1. The fourth-order valence-electron chi connectivity index (χ4n) is 3.20. The van der Waals surface area contributed by atoms with Crippen molar-refractivity contribution in [1.29, 1.82) is 0 Å². The first kappa shape index (κ1) is 18.0. The zero-order valence-corrected chi connectivity index (χ0v) is 16.2. The van der Waals surface area contributed by atoms with Crippen LogP contribution in [0.25, 0.3) is 4.96 Å². The van der Waals surface area contributed by atoms with E-state index in [2.05, 4.69) is 36.8 Å². The predicted molar refractivity (Wildman–Crippen MR) is 105 cm³/mol. The molecule has 0 unspecified atom stereocenters. The van der Waals surface area contributed by atoms with Gasteiger partial charge >= 0.3 is 0 Å². The maximum absolute atomic E-state index is 12.4. The Labute approximate surface area is 161 Å². The maximum atomic E-state index is 12.4. The minimum Gasteiger partial charge on any atom is -0.338 e. The summed E-state index contributed by atoms with van der Waals surface area (Å²) in [4.78, 5) is 30.9. The molecular weight excluding hydrogens is 362 g/mol. The molecule has 142 valence electrons. The van der Waals surface area contributed by atoms with Crippen molar-refractivity contribution in [3.05, 3.63) is 45.6 Å². The summed E-state index contributed by atoms with van der Waals surface area (Å²) in [5.74, 6) is 0.777. The summed E-state index contributed by atoms with van der Waals surface area (Å²) in [6.07, 6.45) is 6.64. The van der Waals surface area contributed by atoms with Gasteiger partial charge in [-0.15, -0.1) is 0 Å². The van der Waals surface area contributed by atoms with E-state index in [0.29, 0.717) is 11.5 Å². The molecule has 1 aliphatic heterocycles. The molecule has 0 atom stereocenters. The van der Waals surface area contributed by atoms with Crippen molar-refractivity contribution in [2.45, 2.75) is 32.7 Å². The molecule has 0 saturated carbocycles. The molecule has 27 heavy (non-hydrogen) atoms. The highest BCUT2D eigenvalue weighted by molar-refractivity contribution is 7.16. The summed E-state index contributed by atoms with van der Waals surface area (Å²) < 4.78 is 1.43. The van der Waals surface area contributed by atoms with Crippen molar-refractivity contribution in [1.82, 2.24) is 29.5 Å². The topological polar surface area (TPSA) is 79.5 Å². The number of fused-ring (bicyclic) bond motifs is 1. The van der Waals surface area contributed by atoms with Gasteiger partial charge in [-0.2, -0.15) is 9.61 Å². The standard InChI is InChI=1S/C18H23N7OS/c1-2-3-5-15-22-25-16(26)12-14(21-18(25)27-15)13-23-8-10-24(11-9-23)17-19-6-4-7-20-17/h4,6-7,12H,2-3,5,8-11,13H2,1H3. The van der Waals surface area contributed by atoms with Crippen LogP contribution < -0.4 is 10.5 Å². The summed E-state index contributed by atoms with van der Waals surface area (Å²) in [5.41, 5.74) is 0.723. The van der Waals surface area contributed by atoms with Crippen LogP contribution in [-0.2, 0) is 13.0 Å². The molecule has 1 saturated heterocycles. The Balaban J connectivity index is 1.42. The third-order valence-electron chi connectivity index (χ3n) is 4.68. The summed E-state index contributed by atoms with van der Waals surface area (Å²) in [7, 11) is 0. The van der Waals surface area contributed by atoms with E-state index in [9.17, 15) is 4.79 Å². The van der Waals surface area contributed by atoms with Crippen molar-refractivity contribution in [2.75, 3.05) is 31.1 Å². The second-order valence-electron chi connectivity index (χ2n) is 6.69. The van der Waals surface area contributed by atoms with E-state index >= 15 is 0 Å². The Hall–Kier alpha value is -2.39. The second-order valence-corrected chi connectivity index (χ2v) is 7.73. The van der Waals surface area contributed by atoms with Gasteiger partial charge in [0.05, 0.1) is 5.69 Å². The van der Waals surface area contributed by atoms with Crippen LogP contribution in [0.5, 0.6) is 0 Å². The average molecular weight is 385 g/mol. The molecule has 0 spiro atoms. The number of hydrogen-bond donors (Lipinski definition) is 0. The Morgan fingerprint density at radius 2 is 1.93 bits per heavy atom. The van der Waals surface area contributed by atoms with Gasteiger partial charge in [-0.05, 0) is 12.5 Å². The van der Waals surface area contributed by atoms with Gasteiger partial charge in [-0.1, -0.05) is 24.7 Å². The molecular formula is C18H23N7OS. The SMILES string of the molecule is CCCCc1nn2c(=O)cc(CN3CCN(c4ncccn4)CC3)nc2s1. The number of aryl methyl sites for hydroxylation is 1. The molecule has 3 aromatic rings. The number of hydrogen-bond acceptors (Lipinski definition) is 8. The molecule has 1 fully saturated rings. The van der Waals surface area contributed by atoms with Crippen molar-refractivity contribution in [3.63, 3.8) is 0 Å². The molecule has 0 aliphatic carbocycles. The lowest BCUT2D eigenvalue weighted by molar-refractivity contribution is 0.246. The van der Waals surface area contributed by atoms with Gasteiger partial charge in [-0.3, -0.25) is 9.69 Å². The average Bonchev–Trinajstić information content (AvgIpc) is 3.11.